The van der Waals surface area contributed by atoms with Gasteiger partial charge in [-0.2, -0.15) is 0 Å². The summed E-state index contributed by atoms with van der Waals surface area (Å²) in [5.74, 6) is 0.582. The van der Waals surface area contributed by atoms with Crippen molar-refractivity contribution < 1.29 is 4.79 Å². The third-order valence-corrected chi connectivity index (χ3v) is 2.39. The summed E-state index contributed by atoms with van der Waals surface area (Å²) in [4.78, 5) is 15.7. The molecular weight excluding hydrogens is 190 g/mol. The summed E-state index contributed by atoms with van der Waals surface area (Å²) in [5.41, 5.74) is 6.19. The predicted molar refractivity (Wildman–Crippen MR) is 61.4 cm³/mol. The van der Waals surface area contributed by atoms with Crippen LogP contribution in [0.5, 0.6) is 0 Å². The van der Waals surface area contributed by atoms with E-state index in [2.05, 4.69) is 10.3 Å². The van der Waals surface area contributed by atoms with Gasteiger partial charge in [0.15, 0.2) is 0 Å². The molecule has 1 heterocycles. The van der Waals surface area contributed by atoms with Crippen LogP contribution < -0.4 is 11.1 Å². The first-order chi connectivity index (χ1) is 7.17. The van der Waals surface area contributed by atoms with Crippen molar-refractivity contribution in [1.82, 2.24) is 4.98 Å². The number of nitrogens with one attached hydrogen (secondary N) is 1. The van der Waals surface area contributed by atoms with Crippen LogP contribution in [0.2, 0.25) is 0 Å². The fourth-order valence-electron chi connectivity index (χ4n) is 1.40. The molecule has 0 atom stereocenters. The molecule has 4 heteroatoms. The molecule has 15 heavy (non-hydrogen) atoms. The van der Waals surface area contributed by atoms with E-state index in [1.54, 1.807) is 18.3 Å². The molecule has 1 amide bonds. The first-order valence-corrected chi connectivity index (χ1v) is 5.19. The molecule has 4 nitrogen and oxygen atoms in total. The summed E-state index contributed by atoms with van der Waals surface area (Å²) in [7, 11) is 0. The molecule has 1 aromatic rings. The third-order valence-electron chi connectivity index (χ3n) is 2.39. The van der Waals surface area contributed by atoms with Gasteiger partial charge in [-0.1, -0.05) is 13.8 Å². The Balaban J connectivity index is 2.65. The monoisotopic (exact) mass is 207 g/mol. The number of carbonyl (C=O) groups is 1. The van der Waals surface area contributed by atoms with E-state index in [-0.39, 0.29) is 11.8 Å². The van der Waals surface area contributed by atoms with E-state index in [4.69, 9.17) is 5.73 Å². The topological polar surface area (TPSA) is 68.0 Å². The maximum Gasteiger partial charge on any atom is 0.228 e. The quantitative estimate of drug-likeness (QED) is 0.793. The van der Waals surface area contributed by atoms with Gasteiger partial charge in [-0.05, 0) is 18.9 Å². The number of carbonyl (C=O) groups excluding carboxylic acids is 1. The number of aromatic nitrogens is 1. The van der Waals surface area contributed by atoms with Crippen molar-refractivity contribution in [3.05, 3.63) is 18.3 Å². The van der Waals surface area contributed by atoms with Gasteiger partial charge in [0.1, 0.15) is 5.82 Å². The van der Waals surface area contributed by atoms with Crippen LogP contribution in [-0.4, -0.2) is 10.9 Å². The van der Waals surface area contributed by atoms with Gasteiger partial charge in [0.25, 0.3) is 0 Å². The molecule has 82 valence electrons. The molecule has 0 saturated carbocycles. The summed E-state index contributed by atoms with van der Waals surface area (Å²) in [6, 6.07) is 3.34. The van der Waals surface area contributed by atoms with E-state index in [1.165, 1.54) is 0 Å². The van der Waals surface area contributed by atoms with Gasteiger partial charge in [-0.25, -0.2) is 4.98 Å². The zero-order valence-corrected chi connectivity index (χ0v) is 9.16. The van der Waals surface area contributed by atoms with Crippen molar-refractivity contribution in [2.75, 3.05) is 11.1 Å². The highest BCUT2D eigenvalue weighted by Gasteiger charge is 2.14. The minimum absolute atomic E-state index is 0.0121. The maximum absolute atomic E-state index is 11.7. The Morgan fingerprint density at radius 2 is 2.20 bits per heavy atom. The van der Waals surface area contributed by atoms with E-state index in [0.717, 1.165) is 12.8 Å². The van der Waals surface area contributed by atoms with Crippen LogP contribution in [0.4, 0.5) is 11.5 Å². The fraction of sp³-hybridized carbons (Fsp3) is 0.455. The Morgan fingerprint density at radius 1 is 1.53 bits per heavy atom. The number of amides is 1. The first kappa shape index (κ1) is 11.5. The molecule has 0 bridgehead atoms. The standard InChI is InChI=1S/C11H17N3O/c1-3-8(4-2)11(15)14-10-7-9(12)5-6-13-10/h5-8H,3-4H2,1-2H3,(H3,12,13,14,15). The number of nitrogen functional groups attached to an aromatic ring is 1. The lowest BCUT2D eigenvalue weighted by Crippen LogP contribution is -2.22. The Kier molecular flexibility index (Phi) is 4.09. The van der Waals surface area contributed by atoms with Gasteiger partial charge < -0.3 is 11.1 Å². The van der Waals surface area contributed by atoms with Crippen LogP contribution in [0.25, 0.3) is 0 Å². The number of nitrogens with zero attached hydrogens (tertiary/aromatic N) is 1. The van der Waals surface area contributed by atoms with E-state index in [9.17, 15) is 4.79 Å². The summed E-state index contributed by atoms with van der Waals surface area (Å²) in [6.45, 7) is 4.00. The molecule has 0 aliphatic rings. The Morgan fingerprint density at radius 3 is 2.73 bits per heavy atom. The second kappa shape index (κ2) is 5.34. The van der Waals surface area contributed by atoms with Crippen molar-refractivity contribution >= 4 is 17.4 Å². The van der Waals surface area contributed by atoms with Gasteiger partial charge in [0.05, 0.1) is 0 Å². The molecule has 1 rings (SSSR count). The fourth-order valence-corrected chi connectivity index (χ4v) is 1.40. The highest BCUT2D eigenvalue weighted by Crippen LogP contribution is 2.13. The SMILES string of the molecule is CCC(CC)C(=O)Nc1cc(N)ccn1. The van der Waals surface area contributed by atoms with Crippen molar-refractivity contribution in [2.24, 2.45) is 5.92 Å². The molecule has 0 fully saturated rings. The lowest BCUT2D eigenvalue weighted by atomic mass is 10.0. The van der Waals surface area contributed by atoms with Crippen molar-refractivity contribution in [1.29, 1.82) is 0 Å². The van der Waals surface area contributed by atoms with Gasteiger partial charge in [-0.15, -0.1) is 0 Å². The number of hydrogen-bond donors (Lipinski definition) is 2. The molecule has 0 spiro atoms. The lowest BCUT2D eigenvalue weighted by molar-refractivity contribution is -0.120. The number of nitrogens with two attached hydrogens (primary N) is 1. The minimum atomic E-state index is 0.0121. The minimum Gasteiger partial charge on any atom is -0.399 e. The molecule has 1 aromatic heterocycles. The normalized spacial score (nSPS) is 10.3. The van der Waals surface area contributed by atoms with Crippen molar-refractivity contribution in [3.8, 4) is 0 Å². The molecule has 0 aliphatic carbocycles. The van der Waals surface area contributed by atoms with E-state index in [0.29, 0.717) is 11.5 Å². The van der Waals surface area contributed by atoms with Gasteiger partial charge in [0, 0.05) is 23.9 Å². The van der Waals surface area contributed by atoms with Gasteiger partial charge >= 0.3 is 0 Å². The van der Waals surface area contributed by atoms with E-state index in [1.807, 2.05) is 13.8 Å². The number of hydrogen-bond acceptors (Lipinski definition) is 3. The first-order valence-electron chi connectivity index (χ1n) is 5.19. The maximum atomic E-state index is 11.7. The molecule has 0 aliphatic heterocycles. The Bertz CT molecular complexity index is 334. The highest BCUT2D eigenvalue weighted by atomic mass is 16.1. The lowest BCUT2D eigenvalue weighted by Gasteiger charge is -2.12. The molecule has 0 unspecified atom stereocenters. The largest absolute Gasteiger partial charge is 0.399 e. The summed E-state index contributed by atoms with van der Waals surface area (Å²) in [6.07, 6.45) is 3.26. The van der Waals surface area contributed by atoms with Crippen LogP contribution >= 0.6 is 0 Å². The van der Waals surface area contributed by atoms with Crippen LogP contribution in [0.3, 0.4) is 0 Å². The zero-order valence-electron chi connectivity index (χ0n) is 9.16. The molecule has 3 N–H and O–H groups in total. The van der Waals surface area contributed by atoms with Gasteiger partial charge in [-0.3, -0.25) is 4.79 Å². The second-order valence-corrected chi connectivity index (χ2v) is 3.48. The summed E-state index contributed by atoms with van der Waals surface area (Å²) < 4.78 is 0. The Labute approximate surface area is 89.9 Å². The number of anilines is 2. The third kappa shape index (κ3) is 3.23. The van der Waals surface area contributed by atoms with E-state index >= 15 is 0 Å². The van der Waals surface area contributed by atoms with Crippen molar-refractivity contribution in [2.45, 2.75) is 26.7 Å². The van der Waals surface area contributed by atoms with E-state index < -0.39 is 0 Å². The second-order valence-electron chi connectivity index (χ2n) is 3.48. The molecule has 0 saturated heterocycles. The smallest absolute Gasteiger partial charge is 0.228 e. The number of rotatable bonds is 4. The summed E-state index contributed by atoms with van der Waals surface area (Å²) in [5, 5.41) is 2.75. The predicted octanol–water partition coefficient (Wildman–Crippen LogP) is 2.04. The number of pyridine rings is 1. The zero-order chi connectivity index (χ0) is 11.3. The van der Waals surface area contributed by atoms with Crippen molar-refractivity contribution in [3.63, 3.8) is 0 Å². The van der Waals surface area contributed by atoms with Crippen LogP contribution in [0.1, 0.15) is 26.7 Å². The molecular formula is C11H17N3O. The molecule has 0 aromatic carbocycles. The summed E-state index contributed by atoms with van der Waals surface area (Å²) >= 11 is 0. The average molecular weight is 207 g/mol. The van der Waals surface area contributed by atoms with Crippen LogP contribution in [-0.2, 0) is 4.79 Å². The molecule has 0 radical (unpaired) electrons. The van der Waals surface area contributed by atoms with Gasteiger partial charge in [0.2, 0.25) is 5.91 Å². The average Bonchev–Trinajstić information content (AvgIpc) is 2.19. The van der Waals surface area contributed by atoms with Crippen LogP contribution in [0, 0.1) is 5.92 Å². The Hall–Kier alpha value is -1.58. The highest BCUT2D eigenvalue weighted by molar-refractivity contribution is 5.91. The van der Waals surface area contributed by atoms with Crippen LogP contribution in [0.15, 0.2) is 18.3 Å².